The Morgan fingerprint density at radius 1 is 1.16 bits per heavy atom. The van der Waals surface area contributed by atoms with Gasteiger partial charge in [-0.2, -0.15) is 5.26 Å². The number of anilines is 1. The van der Waals surface area contributed by atoms with E-state index in [0.717, 1.165) is 75.4 Å². The Labute approximate surface area is 150 Å². The van der Waals surface area contributed by atoms with Crippen LogP contribution in [0.15, 0.2) is 0 Å². The molecule has 1 saturated heterocycles. The minimum Gasteiger partial charge on any atom is -0.352 e. The van der Waals surface area contributed by atoms with Crippen LogP contribution >= 0.6 is 0 Å². The van der Waals surface area contributed by atoms with Gasteiger partial charge < -0.3 is 9.80 Å². The van der Waals surface area contributed by atoms with Gasteiger partial charge in [0.25, 0.3) is 0 Å². The number of aryl methyl sites for hydroxylation is 1. The minimum atomic E-state index is 0.261. The second kappa shape index (κ2) is 7.86. The molecule has 5 nitrogen and oxygen atoms in total. The molecule has 25 heavy (non-hydrogen) atoms. The molecule has 1 aliphatic carbocycles. The summed E-state index contributed by atoms with van der Waals surface area (Å²) in [4.78, 5) is 21.2. The molecular formula is C20H28N4O. The summed E-state index contributed by atoms with van der Waals surface area (Å²) in [5, 5.41) is 9.75. The van der Waals surface area contributed by atoms with Crippen LogP contribution in [0.25, 0.3) is 0 Å². The minimum absolute atomic E-state index is 0.261. The first-order chi connectivity index (χ1) is 12.2. The van der Waals surface area contributed by atoms with Gasteiger partial charge in [-0.3, -0.25) is 4.79 Å². The van der Waals surface area contributed by atoms with E-state index in [2.05, 4.69) is 24.8 Å². The summed E-state index contributed by atoms with van der Waals surface area (Å²) in [5.41, 5.74) is 4.36. The number of hydrogen-bond acceptors (Lipinski definition) is 4. The highest BCUT2D eigenvalue weighted by atomic mass is 16.2. The molecule has 0 radical (unpaired) electrons. The van der Waals surface area contributed by atoms with Gasteiger partial charge in [0.1, 0.15) is 11.9 Å². The number of hydrogen-bond donors (Lipinski definition) is 0. The number of unbranched alkanes of at least 4 members (excludes halogenated alkanes) is 1. The molecule has 1 aliphatic heterocycles. The first-order valence-electron chi connectivity index (χ1n) is 9.60. The molecule has 0 atom stereocenters. The lowest BCUT2D eigenvalue weighted by molar-refractivity contribution is -0.131. The third kappa shape index (κ3) is 3.63. The fraction of sp³-hybridized carbons (Fsp3) is 0.650. The summed E-state index contributed by atoms with van der Waals surface area (Å²) >= 11 is 0. The summed E-state index contributed by atoms with van der Waals surface area (Å²) in [6, 6.07) is 2.43. The maximum absolute atomic E-state index is 12.2. The molecule has 1 aromatic rings. The number of piperazine rings is 1. The average molecular weight is 340 g/mol. The number of nitriles is 1. The average Bonchev–Trinajstić information content (AvgIpc) is 2.66. The van der Waals surface area contributed by atoms with Gasteiger partial charge >= 0.3 is 0 Å². The van der Waals surface area contributed by atoms with Crippen molar-refractivity contribution in [2.24, 2.45) is 0 Å². The highest BCUT2D eigenvalue weighted by Gasteiger charge is 2.27. The van der Waals surface area contributed by atoms with Crippen LogP contribution in [0.1, 0.15) is 61.4 Å². The van der Waals surface area contributed by atoms with E-state index in [0.29, 0.717) is 6.42 Å². The summed E-state index contributed by atoms with van der Waals surface area (Å²) in [5.74, 6) is 1.10. The van der Waals surface area contributed by atoms with E-state index in [1.807, 2.05) is 4.90 Å². The summed E-state index contributed by atoms with van der Waals surface area (Å²) in [6.45, 7) is 7.16. The lowest BCUT2D eigenvalue weighted by atomic mass is 9.88. The lowest BCUT2D eigenvalue weighted by Gasteiger charge is -2.36. The van der Waals surface area contributed by atoms with Gasteiger partial charge in [0.2, 0.25) is 5.91 Å². The van der Waals surface area contributed by atoms with E-state index in [1.54, 1.807) is 0 Å². The molecule has 1 amide bonds. The van der Waals surface area contributed by atoms with E-state index in [-0.39, 0.29) is 5.91 Å². The van der Waals surface area contributed by atoms with Crippen LogP contribution in [-0.2, 0) is 17.6 Å². The number of nitrogens with zero attached hydrogens (tertiary/aromatic N) is 4. The molecule has 0 saturated carbocycles. The summed E-state index contributed by atoms with van der Waals surface area (Å²) in [7, 11) is 0. The van der Waals surface area contributed by atoms with Gasteiger partial charge in [-0.15, -0.1) is 0 Å². The number of fused-ring (bicyclic) bond motifs is 1. The van der Waals surface area contributed by atoms with Crippen LogP contribution in [0.3, 0.4) is 0 Å². The predicted molar refractivity (Wildman–Crippen MR) is 98.6 cm³/mol. The molecule has 3 rings (SSSR count). The largest absolute Gasteiger partial charge is 0.352 e. The topological polar surface area (TPSA) is 60.2 Å². The number of rotatable bonds is 4. The third-order valence-electron chi connectivity index (χ3n) is 5.49. The molecule has 134 valence electrons. The second-order valence-corrected chi connectivity index (χ2v) is 7.14. The predicted octanol–water partition coefficient (Wildman–Crippen LogP) is 2.98. The van der Waals surface area contributed by atoms with Crippen molar-refractivity contribution in [1.82, 2.24) is 9.88 Å². The van der Waals surface area contributed by atoms with Crippen LogP contribution < -0.4 is 4.90 Å². The normalized spacial score (nSPS) is 17.2. The molecule has 2 heterocycles. The van der Waals surface area contributed by atoms with Crippen LogP contribution in [0.5, 0.6) is 0 Å². The van der Waals surface area contributed by atoms with Gasteiger partial charge in [0, 0.05) is 38.3 Å². The molecule has 0 bridgehead atoms. The highest BCUT2D eigenvalue weighted by molar-refractivity contribution is 5.76. The molecule has 0 spiro atoms. The quantitative estimate of drug-likeness (QED) is 0.845. The molecule has 0 unspecified atom stereocenters. The molecule has 5 heteroatoms. The Hall–Kier alpha value is -2.09. The molecule has 0 N–H and O–H groups in total. The van der Waals surface area contributed by atoms with Gasteiger partial charge in [-0.1, -0.05) is 13.3 Å². The van der Waals surface area contributed by atoms with Crippen molar-refractivity contribution >= 4 is 11.7 Å². The van der Waals surface area contributed by atoms with Gasteiger partial charge in [0.15, 0.2) is 0 Å². The fourth-order valence-electron chi connectivity index (χ4n) is 4.00. The zero-order chi connectivity index (χ0) is 17.8. The van der Waals surface area contributed by atoms with Crippen molar-refractivity contribution in [1.29, 1.82) is 5.26 Å². The van der Waals surface area contributed by atoms with Crippen molar-refractivity contribution in [3.05, 3.63) is 22.4 Å². The Bertz CT molecular complexity index is 684. The van der Waals surface area contributed by atoms with E-state index in [9.17, 15) is 10.1 Å². The van der Waals surface area contributed by atoms with Crippen molar-refractivity contribution < 1.29 is 4.79 Å². The summed E-state index contributed by atoms with van der Waals surface area (Å²) < 4.78 is 0. The summed E-state index contributed by atoms with van der Waals surface area (Å²) in [6.07, 6.45) is 7.05. The number of amides is 1. The van der Waals surface area contributed by atoms with Gasteiger partial charge in [-0.05, 0) is 50.2 Å². The first kappa shape index (κ1) is 17.7. The van der Waals surface area contributed by atoms with Gasteiger partial charge in [-0.25, -0.2) is 4.98 Å². The monoisotopic (exact) mass is 340 g/mol. The van der Waals surface area contributed by atoms with Crippen molar-refractivity contribution in [2.75, 3.05) is 31.1 Å². The van der Waals surface area contributed by atoms with E-state index in [4.69, 9.17) is 4.98 Å². The Morgan fingerprint density at radius 3 is 2.48 bits per heavy atom. The van der Waals surface area contributed by atoms with Crippen molar-refractivity contribution in [3.63, 3.8) is 0 Å². The SMILES string of the molecule is CCCCC(=O)N1CCN(c2nc(C)c3c(c2C#N)CCCC3)CC1. The molecule has 1 fully saturated rings. The number of aromatic nitrogens is 1. The maximum atomic E-state index is 12.2. The first-order valence-corrected chi connectivity index (χ1v) is 9.60. The Balaban J connectivity index is 1.77. The third-order valence-corrected chi connectivity index (χ3v) is 5.49. The van der Waals surface area contributed by atoms with Crippen molar-refractivity contribution in [3.8, 4) is 6.07 Å². The standard InChI is InChI=1S/C20H28N4O/c1-3-4-9-19(25)23-10-12-24(13-11-23)20-18(14-21)17-8-6-5-7-16(17)15(2)22-20/h3-13H2,1-2H3. The number of pyridine rings is 1. The smallest absolute Gasteiger partial charge is 0.222 e. The zero-order valence-electron chi connectivity index (χ0n) is 15.5. The lowest BCUT2D eigenvalue weighted by Crippen LogP contribution is -2.49. The Morgan fingerprint density at radius 2 is 1.84 bits per heavy atom. The number of carbonyl (C=O) groups excluding carboxylic acids is 1. The van der Waals surface area contributed by atoms with E-state index < -0.39 is 0 Å². The van der Waals surface area contributed by atoms with Crippen LogP contribution in [0, 0.1) is 18.3 Å². The zero-order valence-corrected chi connectivity index (χ0v) is 15.5. The number of carbonyl (C=O) groups is 1. The van der Waals surface area contributed by atoms with E-state index in [1.165, 1.54) is 17.5 Å². The second-order valence-electron chi connectivity index (χ2n) is 7.14. The highest BCUT2D eigenvalue weighted by Crippen LogP contribution is 2.32. The van der Waals surface area contributed by atoms with Crippen molar-refractivity contribution in [2.45, 2.75) is 58.8 Å². The van der Waals surface area contributed by atoms with Crippen LogP contribution in [-0.4, -0.2) is 42.0 Å². The molecule has 2 aliphatic rings. The van der Waals surface area contributed by atoms with Crippen LogP contribution in [0.2, 0.25) is 0 Å². The fourth-order valence-corrected chi connectivity index (χ4v) is 4.00. The van der Waals surface area contributed by atoms with E-state index >= 15 is 0 Å². The molecule has 0 aromatic carbocycles. The Kier molecular flexibility index (Phi) is 5.57. The van der Waals surface area contributed by atoms with Gasteiger partial charge in [0.05, 0.1) is 5.56 Å². The molecule has 1 aromatic heterocycles. The van der Waals surface area contributed by atoms with Crippen LogP contribution in [0.4, 0.5) is 5.82 Å². The molecular weight excluding hydrogens is 312 g/mol. The maximum Gasteiger partial charge on any atom is 0.222 e.